The smallest absolute Gasteiger partial charge is 0.230 e. The SMILES string of the molecule is CN(C)CCCNC(=O)C1(c2ccccc2Cl)CC1. The minimum atomic E-state index is -0.365. The van der Waals surface area contributed by atoms with Crippen molar-refractivity contribution >= 4 is 17.5 Å². The molecule has 1 saturated carbocycles. The predicted octanol–water partition coefficient (Wildman–Crippen LogP) is 2.44. The van der Waals surface area contributed by atoms with Gasteiger partial charge in [-0.2, -0.15) is 0 Å². The van der Waals surface area contributed by atoms with Crippen LogP contribution in [0.1, 0.15) is 24.8 Å². The third-order valence-electron chi connectivity index (χ3n) is 3.64. The summed E-state index contributed by atoms with van der Waals surface area (Å²) in [7, 11) is 4.07. The van der Waals surface area contributed by atoms with Crippen LogP contribution in [0.2, 0.25) is 5.02 Å². The van der Waals surface area contributed by atoms with Gasteiger partial charge in [-0.05, 0) is 51.5 Å². The summed E-state index contributed by atoms with van der Waals surface area (Å²) in [6.45, 7) is 1.71. The van der Waals surface area contributed by atoms with Gasteiger partial charge >= 0.3 is 0 Å². The first kappa shape index (κ1) is 14.4. The molecule has 0 unspecified atom stereocenters. The third kappa shape index (κ3) is 3.28. The van der Waals surface area contributed by atoms with Crippen molar-refractivity contribution in [2.24, 2.45) is 0 Å². The Balaban J connectivity index is 1.94. The summed E-state index contributed by atoms with van der Waals surface area (Å²) in [4.78, 5) is 14.5. The van der Waals surface area contributed by atoms with Gasteiger partial charge in [0.25, 0.3) is 0 Å². The van der Waals surface area contributed by atoms with E-state index >= 15 is 0 Å². The molecule has 1 N–H and O–H groups in total. The number of nitrogens with zero attached hydrogens (tertiary/aromatic N) is 1. The highest BCUT2D eigenvalue weighted by molar-refractivity contribution is 6.31. The summed E-state index contributed by atoms with van der Waals surface area (Å²) < 4.78 is 0. The van der Waals surface area contributed by atoms with Crippen LogP contribution in [-0.2, 0) is 10.2 Å². The molecule has 0 radical (unpaired) electrons. The molecule has 0 heterocycles. The summed E-state index contributed by atoms with van der Waals surface area (Å²) in [5.74, 6) is 0.124. The van der Waals surface area contributed by atoms with Crippen LogP contribution in [0.5, 0.6) is 0 Å². The van der Waals surface area contributed by atoms with Crippen molar-refractivity contribution in [3.05, 3.63) is 34.9 Å². The van der Waals surface area contributed by atoms with E-state index in [4.69, 9.17) is 11.6 Å². The van der Waals surface area contributed by atoms with Crippen LogP contribution in [-0.4, -0.2) is 38.0 Å². The molecule has 2 rings (SSSR count). The van der Waals surface area contributed by atoms with E-state index in [0.29, 0.717) is 5.02 Å². The molecule has 0 aromatic heterocycles. The van der Waals surface area contributed by atoms with Gasteiger partial charge in [-0.1, -0.05) is 29.8 Å². The van der Waals surface area contributed by atoms with Gasteiger partial charge in [0, 0.05) is 11.6 Å². The van der Waals surface area contributed by atoms with Crippen molar-refractivity contribution in [1.29, 1.82) is 0 Å². The van der Waals surface area contributed by atoms with Crippen molar-refractivity contribution in [3.8, 4) is 0 Å². The number of hydrogen-bond donors (Lipinski definition) is 1. The third-order valence-corrected chi connectivity index (χ3v) is 3.97. The van der Waals surface area contributed by atoms with Crippen molar-refractivity contribution in [2.45, 2.75) is 24.7 Å². The first-order chi connectivity index (χ1) is 9.06. The molecule has 19 heavy (non-hydrogen) atoms. The van der Waals surface area contributed by atoms with Gasteiger partial charge in [-0.15, -0.1) is 0 Å². The van der Waals surface area contributed by atoms with Crippen LogP contribution in [0.25, 0.3) is 0 Å². The minimum absolute atomic E-state index is 0.124. The van der Waals surface area contributed by atoms with Gasteiger partial charge in [0.2, 0.25) is 5.91 Å². The van der Waals surface area contributed by atoms with Crippen molar-refractivity contribution in [1.82, 2.24) is 10.2 Å². The zero-order valence-corrected chi connectivity index (χ0v) is 12.3. The molecule has 3 nitrogen and oxygen atoms in total. The average molecular weight is 281 g/mol. The topological polar surface area (TPSA) is 32.3 Å². The molecule has 0 bridgehead atoms. The Kier molecular flexibility index (Phi) is 4.48. The summed E-state index contributed by atoms with van der Waals surface area (Å²) in [6.07, 6.45) is 2.77. The normalized spacial score (nSPS) is 16.4. The molecule has 1 aromatic rings. The molecule has 0 atom stereocenters. The second-order valence-corrected chi connectivity index (χ2v) is 5.88. The quantitative estimate of drug-likeness (QED) is 0.812. The van der Waals surface area contributed by atoms with Gasteiger partial charge in [-0.25, -0.2) is 0 Å². The summed E-state index contributed by atoms with van der Waals surface area (Å²) in [5, 5.41) is 3.74. The van der Waals surface area contributed by atoms with E-state index in [1.54, 1.807) is 0 Å². The van der Waals surface area contributed by atoms with E-state index in [1.165, 1.54) is 0 Å². The van der Waals surface area contributed by atoms with Gasteiger partial charge < -0.3 is 10.2 Å². The first-order valence-electron chi connectivity index (χ1n) is 6.74. The van der Waals surface area contributed by atoms with E-state index in [2.05, 4.69) is 10.2 Å². The number of rotatable bonds is 6. The second-order valence-electron chi connectivity index (χ2n) is 5.47. The van der Waals surface area contributed by atoms with Gasteiger partial charge in [0.05, 0.1) is 5.41 Å². The Labute approximate surface area is 119 Å². The van der Waals surface area contributed by atoms with E-state index in [0.717, 1.165) is 37.9 Å². The molecule has 0 saturated heterocycles. The number of hydrogen-bond acceptors (Lipinski definition) is 2. The maximum atomic E-state index is 12.3. The van der Waals surface area contributed by atoms with Crippen molar-refractivity contribution < 1.29 is 4.79 Å². The first-order valence-corrected chi connectivity index (χ1v) is 7.12. The molecule has 1 aromatic carbocycles. The van der Waals surface area contributed by atoms with E-state index in [9.17, 15) is 4.79 Å². The molecule has 0 spiro atoms. The predicted molar refractivity (Wildman–Crippen MR) is 78.5 cm³/mol. The van der Waals surface area contributed by atoms with Crippen LogP contribution in [0.4, 0.5) is 0 Å². The molecule has 0 aliphatic heterocycles. The van der Waals surface area contributed by atoms with Crippen molar-refractivity contribution in [3.63, 3.8) is 0 Å². The molecule has 1 fully saturated rings. The fraction of sp³-hybridized carbons (Fsp3) is 0.533. The Morgan fingerprint density at radius 3 is 2.63 bits per heavy atom. The number of carbonyl (C=O) groups excluding carboxylic acids is 1. The molecule has 104 valence electrons. The van der Waals surface area contributed by atoms with Gasteiger partial charge in [-0.3, -0.25) is 4.79 Å². The fourth-order valence-corrected chi connectivity index (χ4v) is 2.68. The van der Waals surface area contributed by atoms with Gasteiger partial charge in [0.15, 0.2) is 0 Å². The lowest BCUT2D eigenvalue weighted by molar-refractivity contribution is -0.123. The number of nitrogens with one attached hydrogen (secondary N) is 1. The number of amides is 1. The minimum Gasteiger partial charge on any atom is -0.355 e. The summed E-state index contributed by atoms with van der Waals surface area (Å²) in [6, 6.07) is 7.67. The Morgan fingerprint density at radius 1 is 1.37 bits per heavy atom. The molecule has 1 aliphatic rings. The van der Waals surface area contributed by atoms with E-state index < -0.39 is 0 Å². The second kappa shape index (κ2) is 5.93. The highest BCUT2D eigenvalue weighted by Gasteiger charge is 2.52. The standard InChI is InChI=1S/C15H21ClN2O/c1-18(2)11-5-10-17-14(19)15(8-9-15)12-6-3-4-7-13(12)16/h3-4,6-7H,5,8-11H2,1-2H3,(H,17,19). The monoisotopic (exact) mass is 280 g/mol. The highest BCUT2D eigenvalue weighted by Crippen LogP contribution is 2.50. The molecular formula is C15H21ClN2O. The molecule has 1 amide bonds. The van der Waals surface area contributed by atoms with E-state index in [1.807, 2.05) is 38.4 Å². The molecule has 4 heteroatoms. The van der Waals surface area contributed by atoms with E-state index in [-0.39, 0.29) is 11.3 Å². The fourth-order valence-electron chi connectivity index (χ4n) is 2.36. The number of carbonyl (C=O) groups is 1. The summed E-state index contributed by atoms with van der Waals surface area (Å²) in [5.41, 5.74) is 0.609. The highest BCUT2D eigenvalue weighted by atomic mass is 35.5. The Morgan fingerprint density at radius 2 is 2.05 bits per heavy atom. The van der Waals surface area contributed by atoms with Crippen LogP contribution >= 0.6 is 11.6 Å². The van der Waals surface area contributed by atoms with Crippen LogP contribution in [0.3, 0.4) is 0 Å². The van der Waals surface area contributed by atoms with Crippen LogP contribution in [0.15, 0.2) is 24.3 Å². The zero-order valence-electron chi connectivity index (χ0n) is 11.6. The number of halogens is 1. The Hall–Kier alpha value is -1.06. The van der Waals surface area contributed by atoms with Gasteiger partial charge in [0.1, 0.15) is 0 Å². The Bertz CT molecular complexity index is 455. The molecular weight excluding hydrogens is 260 g/mol. The maximum Gasteiger partial charge on any atom is 0.230 e. The lowest BCUT2D eigenvalue weighted by Crippen LogP contribution is -2.36. The van der Waals surface area contributed by atoms with Crippen molar-refractivity contribution in [2.75, 3.05) is 27.2 Å². The number of benzene rings is 1. The lowest BCUT2D eigenvalue weighted by atomic mass is 9.95. The zero-order chi connectivity index (χ0) is 13.9. The maximum absolute atomic E-state index is 12.3. The average Bonchev–Trinajstić information content (AvgIpc) is 3.16. The largest absolute Gasteiger partial charge is 0.355 e. The van der Waals surface area contributed by atoms with Crippen LogP contribution in [0, 0.1) is 0 Å². The van der Waals surface area contributed by atoms with Crippen LogP contribution < -0.4 is 5.32 Å². The molecule has 1 aliphatic carbocycles. The lowest BCUT2D eigenvalue weighted by Gasteiger charge is -2.17. The summed E-state index contributed by atoms with van der Waals surface area (Å²) >= 11 is 6.21.